The van der Waals surface area contributed by atoms with E-state index >= 15 is 0 Å². The molecule has 0 amide bonds. The molecule has 0 aliphatic heterocycles. The first kappa shape index (κ1) is 13.3. The summed E-state index contributed by atoms with van der Waals surface area (Å²) in [6.45, 7) is 3.63. The molecule has 0 saturated carbocycles. The zero-order valence-corrected chi connectivity index (χ0v) is 10.1. The summed E-state index contributed by atoms with van der Waals surface area (Å²) in [5, 5.41) is 0. The van der Waals surface area contributed by atoms with Crippen molar-refractivity contribution in [3.05, 3.63) is 66.5 Å². The largest absolute Gasteiger partial charge is 0.416 e. The number of aromatic nitrogens is 1. The number of halogens is 3. The molecule has 0 aliphatic rings. The maximum absolute atomic E-state index is 12.7. The lowest BCUT2D eigenvalue weighted by Crippen LogP contribution is -2.04. The van der Waals surface area contributed by atoms with E-state index in [1.54, 1.807) is 24.5 Å². The Bertz CT molecular complexity index is 588. The van der Waals surface area contributed by atoms with Crippen molar-refractivity contribution in [3.63, 3.8) is 0 Å². The van der Waals surface area contributed by atoms with Crippen LogP contribution in [0.2, 0.25) is 0 Å². The van der Waals surface area contributed by atoms with E-state index in [1.165, 1.54) is 6.07 Å². The smallest absolute Gasteiger partial charge is 0.264 e. The maximum Gasteiger partial charge on any atom is 0.416 e. The molecule has 0 saturated heterocycles. The highest BCUT2D eigenvalue weighted by atomic mass is 19.4. The quantitative estimate of drug-likeness (QED) is 0.743. The number of hydrogen-bond acceptors (Lipinski definition) is 1. The summed E-state index contributed by atoms with van der Waals surface area (Å²) < 4.78 is 38.0. The van der Waals surface area contributed by atoms with Crippen molar-refractivity contribution in [2.75, 3.05) is 0 Å². The fraction of sp³-hybridized carbons (Fsp3) is 0.133. The standard InChI is InChI=1S/C15H12F3N/c1-2-4-11-7-13(10-19-9-11)12-5-3-6-14(8-12)15(16,17)18/h2-3,5-10H,1,4H2. The van der Waals surface area contributed by atoms with Crippen LogP contribution in [0.15, 0.2) is 55.4 Å². The molecule has 98 valence electrons. The van der Waals surface area contributed by atoms with Crippen molar-refractivity contribution < 1.29 is 13.2 Å². The van der Waals surface area contributed by atoms with Gasteiger partial charge >= 0.3 is 6.18 Å². The molecule has 0 bridgehead atoms. The van der Waals surface area contributed by atoms with Crippen LogP contribution < -0.4 is 0 Å². The van der Waals surface area contributed by atoms with Gasteiger partial charge in [0.2, 0.25) is 0 Å². The van der Waals surface area contributed by atoms with Gasteiger partial charge < -0.3 is 0 Å². The molecule has 4 heteroatoms. The van der Waals surface area contributed by atoms with Crippen LogP contribution in [-0.2, 0) is 12.6 Å². The van der Waals surface area contributed by atoms with Crippen molar-refractivity contribution in [2.24, 2.45) is 0 Å². The molecule has 1 aromatic carbocycles. The minimum Gasteiger partial charge on any atom is -0.264 e. The van der Waals surface area contributed by atoms with E-state index in [9.17, 15) is 13.2 Å². The van der Waals surface area contributed by atoms with Crippen LogP contribution in [-0.4, -0.2) is 4.98 Å². The zero-order valence-electron chi connectivity index (χ0n) is 10.1. The summed E-state index contributed by atoms with van der Waals surface area (Å²) in [4.78, 5) is 4.04. The van der Waals surface area contributed by atoms with Gasteiger partial charge in [-0.1, -0.05) is 18.2 Å². The van der Waals surface area contributed by atoms with Crippen LogP contribution in [0.25, 0.3) is 11.1 Å². The molecule has 0 aliphatic carbocycles. The molecular weight excluding hydrogens is 251 g/mol. The highest BCUT2D eigenvalue weighted by Gasteiger charge is 2.30. The number of alkyl halides is 3. The van der Waals surface area contributed by atoms with E-state index in [-0.39, 0.29) is 0 Å². The molecule has 2 aromatic rings. The molecule has 0 unspecified atom stereocenters. The Morgan fingerprint density at radius 1 is 1.11 bits per heavy atom. The van der Waals surface area contributed by atoms with Crippen molar-refractivity contribution in [1.29, 1.82) is 0 Å². The van der Waals surface area contributed by atoms with Gasteiger partial charge in [0.15, 0.2) is 0 Å². The van der Waals surface area contributed by atoms with Gasteiger partial charge in [-0.25, -0.2) is 0 Å². The summed E-state index contributed by atoms with van der Waals surface area (Å²) in [5.41, 5.74) is 1.45. The van der Waals surface area contributed by atoms with Gasteiger partial charge in [0, 0.05) is 18.0 Å². The summed E-state index contributed by atoms with van der Waals surface area (Å²) in [7, 11) is 0. The van der Waals surface area contributed by atoms with Crippen LogP contribution >= 0.6 is 0 Å². The van der Waals surface area contributed by atoms with Crippen LogP contribution in [0.3, 0.4) is 0 Å². The van der Waals surface area contributed by atoms with Gasteiger partial charge in [-0.05, 0) is 35.7 Å². The van der Waals surface area contributed by atoms with Crippen LogP contribution in [0, 0.1) is 0 Å². The SMILES string of the molecule is C=CCc1cncc(-c2cccc(C(F)(F)F)c2)c1. The number of hydrogen-bond donors (Lipinski definition) is 0. The topological polar surface area (TPSA) is 12.9 Å². The Balaban J connectivity index is 2.41. The van der Waals surface area contributed by atoms with Crippen molar-refractivity contribution in [2.45, 2.75) is 12.6 Å². The lowest BCUT2D eigenvalue weighted by Gasteiger charge is -2.09. The monoisotopic (exact) mass is 263 g/mol. The van der Waals surface area contributed by atoms with Gasteiger partial charge in [0.05, 0.1) is 5.56 Å². The third kappa shape index (κ3) is 3.22. The fourth-order valence-corrected chi connectivity index (χ4v) is 1.80. The summed E-state index contributed by atoms with van der Waals surface area (Å²) >= 11 is 0. The predicted octanol–water partition coefficient (Wildman–Crippen LogP) is 4.50. The van der Waals surface area contributed by atoms with Gasteiger partial charge in [-0.2, -0.15) is 13.2 Å². The fourth-order valence-electron chi connectivity index (χ4n) is 1.80. The first-order chi connectivity index (χ1) is 9.00. The van der Waals surface area contributed by atoms with Crippen LogP contribution in [0.4, 0.5) is 13.2 Å². The molecule has 1 aromatic heterocycles. The first-order valence-corrected chi connectivity index (χ1v) is 5.73. The Labute approximate surface area is 109 Å². The van der Waals surface area contributed by atoms with Crippen molar-refractivity contribution in [1.82, 2.24) is 4.98 Å². The third-order valence-corrected chi connectivity index (χ3v) is 2.70. The molecule has 0 N–H and O–H groups in total. The number of pyridine rings is 1. The Hall–Kier alpha value is -2.10. The average molecular weight is 263 g/mol. The second kappa shape index (κ2) is 5.26. The molecule has 0 radical (unpaired) electrons. The van der Waals surface area contributed by atoms with Gasteiger partial charge in [-0.3, -0.25) is 4.98 Å². The Kier molecular flexibility index (Phi) is 3.69. The van der Waals surface area contributed by atoms with E-state index in [1.807, 2.05) is 6.07 Å². The number of rotatable bonds is 3. The molecule has 0 fully saturated rings. The average Bonchev–Trinajstić information content (AvgIpc) is 2.39. The number of allylic oxidation sites excluding steroid dienone is 1. The van der Waals surface area contributed by atoms with Gasteiger partial charge in [0.1, 0.15) is 0 Å². The summed E-state index contributed by atoms with van der Waals surface area (Å²) in [5.74, 6) is 0. The normalized spacial score (nSPS) is 11.3. The molecular formula is C15H12F3N. The Morgan fingerprint density at radius 2 is 1.89 bits per heavy atom. The molecule has 0 spiro atoms. The lowest BCUT2D eigenvalue weighted by atomic mass is 10.0. The van der Waals surface area contributed by atoms with Gasteiger partial charge in [0.25, 0.3) is 0 Å². The molecule has 2 rings (SSSR count). The number of benzene rings is 1. The van der Waals surface area contributed by atoms with E-state index in [4.69, 9.17) is 0 Å². The minimum atomic E-state index is -4.33. The van der Waals surface area contributed by atoms with E-state index < -0.39 is 11.7 Å². The molecule has 0 atom stereocenters. The van der Waals surface area contributed by atoms with E-state index in [0.717, 1.165) is 17.7 Å². The predicted molar refractivity (Wildman–Crippen MR) is 68.6 cm³/mol. The minimum absolute atomic E-state index is 0.508. The van der Waals surface area contributed by atoms with E-state index in [0.29, 0.717) is 17.5 Å². The van der Waals surface area contributed by atoms with Crippen LogP contribution in [0.1, 0.15) is 11.1 Å². The van der Waals surface area contributed by atoms with Crippen LogP contribution in [0.5, 0.6) is 0 Å². The Morgan fingerprint density at radius 3 is 2.58 bits per heavy atom. The number of nitrogens with zero attached hydrogens (tertiary/aromatic N) is 1. The maximum atomic E-state index is 12.7. The first-order valence-electron chi connectivity index (χ1n) is 5.73. The second-order valence-corrected chi connectivity index (χ2v) is 4.15. The van der Waals surface area contributed by atoms with Gasteiger partial charge in [-0.15, -0.1) is 6.58 Å². The highest BCUT2D eigenvalue weighted by molar-refractivity contribution is 5.64. The summed E-state index contributed by atoms with van der Waals surface area (Å²) in [6.07, 6.45) is 1.27. The molecule has 1 nitrogen and oxygen atoms in total. The zero-order chi connectivity index (χ0) is 13.9. The highest BCUT2D eigenvalue weighted by Crippen LogP contribution is 2.32. The second-order valence-electron chi connectivity index (χ2n) is 4.15. The van der Waals surface area contributed by atoms with E-state index in [2.05, 4.69) is 11.6 Å². The summed E-state index contributed by atoms with van der Waals surface area (Å²) in [6, 6.07) is 7.06. The van der Waals surface area contributed by atoms with Crippen molar-refractivity contribution in [3.8, 4) is 11.1 Å². The molecule has 1 heterocycles. The molecule has 19 heavy (non-hydrogen) atoms. The lowest BCUT2D eigenvalue weighted by molar-refractivity contribution is -0.137. The third-order valence-electron chi connectivity index (χ3n) is 2.70. The van der Waals surface area contributed by atoms with Crippen molar-refractivity contribution >= 4 is 0 Å².